The van der Waals surface area contributed by atoms with Gasteiger partial charge in [-0.05, 0) is 26.0 Å². The van der Waals surface area contributed by atoms with Gasteiger partial charge in [0.2, 0.25) is 5.91 Å². The molecule has 0 bridgehead atoms. The fourth-order valence-corrected chi connectivity index (χ4v) is 1.81. The molecule has 0 fully saturated rings. The maximum Gasteiger partial charge on any atom is 0.255 e. The lowest BCUT2D eigenvalue weighted by Gasteiger charge is -2.18. The molecule has 0 aromatic heterocycles. The smallest absolute Gasteiger partial charge is 0.255 e. The molecule has 5 nitrogen and oxygen atoms in total. The largest absolute Gasteiger partial charge is 0.507 e. The Balaban J connectivity index is 2.50. The molecule has 0 aliphatic carbocycles. The van der Waals surface area contributed by atoms with E-state index in [1.807, 2.05) is 13.8 Å². The molecule has 2 amide bonds. The SMILES string of the molecule is CCN(CC)C(=O)CCNC(=O)c1ccc(F)cc1O. The van der Waals surface area contributed by atoms with Gasteiger partial charge in [0.15, 0.2) is 0 Å². The number of hydrogen-bond donors (Lipinski definition) is 2. The van der Waals surface area contributed by atoms with E-state index in [-0.39, 0.29) is 24.4 Å². The molecule has 0 heterocycles. The van der Waals surface area contributed by atoms with Crippen LogP contribution in [0.3, 0.4) is 0 Å². The maximum absolute atomic E-state index is 12.8. The Hall–Kier alpha value is -2.11. The second-order valence-corrected chi connectivity index (χ2v) is 4.23. The van der Waals surface area contributed by atoms with Gasteiger partial charge in [0.05, 0.1) is 5.56 Å². The molecular formula is C14H19FN2O3. The van der Waals surface area contributed by atoms with Crippen LogP contribution in [0, 0.1) is 5.82 Å². The summed E-state index contributed by atoms with van der Waals surface area (Å²) in [6.45, 7) is 5.20. The first-order valence-electron chi connectivity index (χ1n) is 6.54. The predicted molar refractivity (Wildman–Crippen MR) is 72.9 cm³/mol. The predicted octanol–water partition coefficient (Wildman–Crippen LogP) is 1.52. The Morgan fingerprint density at radius 2 is 1.95 bits per heavy atom. The van der Waals surface area contributed by atoms with Crippen molar-refractivity contribution in [3.63, 3.8) is 0 Å². The highest BCUT2D eigenvalue weighted by Crippen LogP contribution is 2.17. The van der Waals surface area contributed by atoms with Gasteiger partial charge < -0.3 is 15.3 Å². The quantitative estimate of drug-likeness (QED) is 0.831. The molecule has 0 radical (unpaired) electrons. The molecule has 110 valence electrons. The van der Waals surface area contributed by atoms with Gasteiger partial charge in [0, 0.05) is 32.1 Å². The molecule has 1 rings (SSSR count). The van der Waals surface area contributed by atoms with Gasteiger partial charge >= 0.3 is 0 Å². The average Bonchev–Trinajstić information content (AvgIpc) is 2.39. The molecule has 0 saturated carbocycles. The van der Waals surface area contributed by atoms with Crippen molar-refractivity contribution in [2.75, 3.05) is 19.6 Å². The van der Waals surface area contributed by atoms with Crippen LogP contribution in [0.15, 0.2) is 18.2 Å². The van der Waals surface area contributed by atoms with Crippen molar-refractivity contribution < 1.29 is 19.1 Å². The fraction of sp³-hybridized carbons (Fsp3) is 0.429. The summed E-state index contributed by atoms with van der Waals surface area (Å²) in [7, 11) is 0. The Morgan fingerprint density at radius 1 is 1.30 bits per heavy atom. The summed E-state index contributed by atoms with van der Waals surface area (Å²) in [6.07, 6.45) is 0.190. The van der Waals surface area contributed by atoms with E-state index in [1.54, 1.807) is 4.90 Å². The third kappa shape index (κ3) is 4.22. The van der Waals surface area contributed by atoms with Crippen molar-refractivity contribution in [1.29, 1.82) is 0 Å². The van der Waals surface area contributed by atoms with Gasteiger partial charge in [-0.15, -0.1) is 0 Å². The summed E-state index contributed by atoms with van der Waals surface area (Å²) in [4.78, 5) is 25.1. The highest BCUT2D eigenvalue weighted by atomic mass is 19.1. The Labute approximate surface area is 117 Å². The van der Waals surface area contributed by atoms with Crippen molar-refractivity contribution in [2.24, 2.45) is 0 Å². The zero-order valence-electron chi connectivity index (χ0n) is 11.6. The number of carbonyl (C=O) groups excluding carboxylic acids is 2. The number of amides is 2. The van der Waals surface area contributed by atoms with Crippen LogP contribution in [0.4, 0.5) is 4.39 Å². The first-order chi connectivity index (χ1) is 9.49. The lowest BCUT2D eigenvalue weighted by atomic mass is 10.2. The molecule has 6 heteroatoms. The van der Waals surface area contributed by atoms with Crippen molar-refractivity contribution in [3.8, 4) is 5.75 Å². The summed E-state index contributed by atoms with van der Waals surface area (Å²) >= 11 is 0. The van der Waals surface area contributed by atoms with E-state index in [0.717, 1.165) is 12.1 Å². The third-order valence-corrected chi connectivity index (χ3v) is 2.94. The molecule has 0 atom stereocenters. The topological polar surface area (TPSA) is 69.6 Å². The van der Waals surface area contributed by atoms with Crippen molar-refractivity contribution >= 4 is 11.8 Å². The first kappa shape index (κ1) is 15.9. The number of benzene rings is 1. The van der Waals surface area contributed by atoms with Crippen LogP contribution < -0.4 is 5.32 Å². The monoisotopic (exact) mass is 282 g/mol. The van der Waals surface area contributed by atoms with Crippen LogP contribution in [0.25, 0.3) is 0 Å². The van der Waals surface area contributed by atoms with Gasteiger partial charge in [-0.2, -0.15) is 0 Å². The lowest BCUT2D eigenvalue weighted by molar-refractivity contribution is -0.130. The molecular weight excluding hydrogens is 263 g/mol. The van der Waals surface area contributed by atoms with Crippen LogP contribution in [0.5, 0.6) is 5.75 Å². The minimum atomic E-state index is -0.615. The number of nitrogens with one attached hydrogen (secondary N) is 1. The number of phenols is 1. The van der Waals surface area contributed by atoms with E-state index in [1.165, 1.54) is 6.07 Å². The van der Waals surface area contributed by atoms with Crippen LogP contribution in [-0.4, -0.2) is 41.5 Å². The summed E-state index contributed by atoms with van der Waals surface area (Å²) in [5, 5.41) is 12.0. The number of phenolic OH excluding ortho intramolecular Hbond substituents is 1. The van der Waals surface area contributed by atoms with Gasteiger partial charge in [0.1, 0.15) is 11.6 Å². The Kier molecular flexibility index (Phi) is 5.96. The van der Waals surface area contributed by atoms with Crippen LogP contribution >= 0.6 is 0 Å². The van der Waals surface area contributed by atoms with Gasteiger partial charge in [-0.1, -0.05) is 0 Å². The molecule has 0 aliphatic rings. The van der Waals surface area contributed by atoms with E-state index in [0.29, 0.717) is 13.1 Å². The summed E-state index contributed by atoms with van der Waals surface area (Å²) in [5.41, 5.74) is -0.0123. The van der Waals surface area contributed by atoms with Crippen LogP contribution in [0.1, 0.15) is 30.6 Å². The van der Waals surface area contributed by atoms with Gasteiger partial charge in [-0.3, -0.25) is 9.59 Å². The molecule has 20 heavy (non-hydrogen) atoms. The van der Waals surface area contributed by atoms with Crippen molar-refractivity contribution in [1.82, 2.24) is 10.2 Å². The number of rotatable bonds is 6. The Morgan fingerprint density at radius 3 is 2.50 bits per heavy atom. The highest BCUT2D eigenvalue weighted by Gasteiger charge is 2.13. The number of nitrogens with zero attached hydrogens (tertiary/aromatic N) is 1. The molecule has 0 spiro atoms. The minimum absolute atomic E-state index is 0.0123. The molecule has 0 saturated heterocycles. The van der Waals surface area contributed by atoms with Crippen LogP contribution in [-0.2, 0) is 4.79 Å². The number of hydrogen-bond acceptors (Lipinski definition) is 3. The van der Waals surface area contributed by atoms with E-state index in [4.69, 9.17) is 0 Å². The zero-order valence-corrected chi connectivity index (χ0v) is 11.6. The fourth-order valence-electron chi connectivity index (χ4n) is 1.81. The maximum atomic E-state index is 12.8. The minimum Gasteiger partial charge on any atom is -0.507 e. The second kappa shape index (κ2) is 7.47. The molecule has 1 aromatic rings. The second-order valence-electron chi connectivity index (χ2n) is 4.23. The number of carbonyl (C=O) groups is 2. The van der Waals surface area contributed by atoms with Crippen LogP contribution in [0.2, 0.25) is 0 Å². The Bertz CT molecular complexity index is 487. The van der Waals surface area contributed by atoms with E-state index >= 15 is 0 Å². The van der Waals surface area contributed by atoms with E-state index in [9.17, 15) is 19.1 Å². The summed E-state index contributed by atoms with van der Waals surface area (Å²) in [5.74, 6) is -1.61. The average molecular weight is 282 g/mol. The van der Waals surface area contributed by atoms with E-state index < -0.39 is 17.5 Å². The number of halogens is 1. The standard InChI is InChI=1S/C14H19FN2O3/c1-3-17(4-2)13(19)7-8-16-14(20)11-6-5-10(15)9-12(11)18/h5-6,9,18H,3-4,7-8H2,1-2H3,(H,16,20). The normalized spacial score (nSPS) is 10.2. The molecule has 0 aliphatic heterocycles. The first-order valence-corrected chi connectivity index (χ1v) is 6.54. The van der Waals surface area contributed by atoms with Crippen molar-refractivity contribution in [3.05, 3.63) is 29.6 Å². The van der Waals surface area contributed by atoms with E-state index in [2.05, 4.69) is 5.32 Å². The van der Waals surface area contributed by atoms with Gasteiger partial charge in [-0.25, -0.2) is 4.39 Å². The highest BCUT2D eigenvalue weighted by molar-refractivity contribution is 5.96. The molecule has 1 aromatic carbocycles. The van der Waals surface area contributed by atoms with Crippen molar-refractivity contribution in [2.45, 2.75) is 20.3 Å². The lowest BCUT2D eigenvalue weighted by Crippen LogP contribution is -2.34. The molecule has 0 unspecified atom stereocenters. The number of aromatic hydroxyl groups is 1. The zero-order chi connectivity index (χ0) is 15.1. The van der Waals surface area contributed by atoms with Gasteiger partial charge in [0.25, 0.3) is 5.91 Å². The summed E-state index contributed by atoms with van der Waals surface area (Å²) in [6, 6.07) is 3.16. The summed E-state index contributed by atoms with van der Waals surface area (Å²) < 4.78 is 12.8. The third-order valence-electron chi connectivity index (χ3n) is 2.94. The molecule has 2 N–H and O–H groups in total.